The van der Waals surface area contributed by atoms with Crippen LogP contribution in [0.15, 0.2) is 36.4 Å². The van der Waals surface area contributed by atoms with Crippen molar-refractivity contribution in [2.45, 2.75) is 0 Å². The minimum Gasteiger partial charge on any atom is -0.507 e. The zero-order valence-electron chi connectivity index (χ0n) is 10.8. The van der Waals surface area contributed by atoms with Crippen LogP contribution in [0.2, 0.25) is 0 Å². The maximum Gasteiger partial charge on any atom is 0.270 e. The Kier molecular flexibility index (Phi) is 3.71. The first kappa shape index (κ1) is 14.9. The number of hydrogen-bond acceptors (Lipinski definition) is 7. The van der Waals surface area contributed by atoms with E-state index in [0.717, 1.165) is 36.4 Å². The van der Waals surface area contributed by atoms with Gasteiger partial charge < -0.3 is 10.2 Å². The molecule has 0 saturated heterocycles. The molecule has 2 aromatic rings. The zero-order chi connectivity index (χ0) is 16.4. The van der Waals surface area contributed by atoms with Gasteiger partial charge in [-0.15, -0.1) is 0 Å². The summed E-state index contributed by atoms with van der Waals surface area (Å²) < 4.78 is 0. The largest absolute Gasteiger partial charge is 0.507 e. The second kappa shape index (κ2) is 5.48. The Bertz CT molecular complexity index is 735. The predicted octanol–water partition coefficient (Wildman–Crippen LogP) is 2.15. The number of phenolic OH excluding ortho intramolecular Hbond substituents is 2. The SMILES string of the molecule is O=C(c1cc([N+](=O)[O-])ccc1O)c1cc([N+](=O)[O-])ccc1O. The van der Waals surface area contributed by atoms with E-state index in [0.29, 0.717) is 0 Å². The molecule has 0 aromatic heterocycles. The quantitative estimate of drug-likeness (QED) is 0.500. The molecule has 9 nitrogen and oxygen atoms in total. The molecule has 0 aliphatic rings. The summed E-state index contributed by atoms with van der Waals surface area (Å²) in [6.07, 6.45) is 0. The van der Waals surface area contributed by atoms with Crippen LogP contribution in [0.4, 0.5) is 11.4 Å². The van der Waals surface area contributed by atoms with E-state index in [2.05, 4.69) is 0 Å². The fourth-order valence-corrected chi connectivity index (χ4v) is 1.78. The van der Waals surface area contributed by atoms with Crippen LogP contribution in [0, 0.1) is 20.2 Å². The second-order valence-corrected chi connectivity index (χ2v) is 4.25. The topological polar surface area (TPSA) is 144 Å². The molecule has 0 spiro atoms. The lowest BCUT2D eigenvalue weighted by molar-refractivity contribution is -0.385. The standard InChI is InChI=1S/C13H8N2O7/c16-11-3-1-7(14(19)20)5-9(11)13(18)10-6-8(15(21)22)2-4-12(10)17/h1-6,16-17H. The van der Waals surface area contributed by atoms with Gasteiger partial charge in [0.25, 0.3) is 11.4 Å². The van der Waals surface area contributed by atoms with Crippen molar-refractivity contribution >= 4 is 17.2 Å². The van der Waals surface area contributed by atoms with Crippen molar-refractivity contribution in [1.29, 1.82) is 0 Å². The smallest absolute Gasteiger partial charge is 0.270 e. The van der Waals surface area contributed by atoms with E-state index in [1.807, 2.05) is 0 Å². The highest BCUT2D eigenvalue weighted by atomic mass is 16.6. The lowest BCUT2D eigenvalue weighted by Gasteiger charge is -2.06. The Morgan fingerprint density at radius 3 is 1.50 bits per heavy atom. The molecule has 0 fully saturated rings. The molecule has 0 saturated carbocycles. The second-order valence-electron chi connectivity index (χ2n) is 4.25. The fraction of sp³-hybridized carbons (Fsp3) is 0. The molecular weight excluding hydrogens is 296 g/mol. The number of aromatic hydroxyl groups is 2. The van der Waals surface area contributed by atoms with E-state index in [9.17, 15) is 35.2 Å². The third-order valence-electron chi connectivity index (χ3n) is 2.87. The molecule has 2 N–H and O–H groups in total. The number of carbonyl (C=O) groups is 1. The summed E-state index contributed by atoms with van der Waals surface area (Å²) in [5.74, 6) is -2.05. The molecule has 0 aliphatic carbocycles. The molecule has 9 heteroatoms. The minimum absolute atomic E-state index is 0.439. The van der Waals surface area contributed by atoms with Crippen LogP contribution in [0.1, 0.15) is 15.9 Å². The molecule has 0 heterocycles. The van der Waals surface area contributed by atoms with Crippen molar-refractivity contribution in [1.82, 2.24) is 0 Å². The molecular formula is C13H8N2O7. The van der Waals surface area contributed by atoms with Gasteiger partial charge in [-0.25, -0.2) is 0 Å². The Labute approximate surface area is 122 Å². The van der Waals surface area contributed by atoms with E-state index < -0.39 is 49.6 Å². The number of nitro groups is 2. The van der Waals surface area contributed by atoms with Gasteiger partial charge in [0.05, 0.1) is 21.0 Å². The number of ketones is 1. The van der Waals surface area contributed by atoms with Gasteiger partial charge in [-0.3, -0.25) is 25.0 Å². The molecule has 0 bridgehead atoms. The average Bonchev–Trinajstić information content (AvgIpc) is 2.47. The van der Waals surface area contributed by atoms with Crippen LogP contribution in [0.25, 0.3) is 0 Å². The summed E-state index contributed by atoms with van der Waals surface area (Å²) in [7, 11) is 0. The Morgan fingerprint density at radius 2 is 1.18 bits per heavy atom. The first-order valence-electron chi connectivity index (χ1n) is 5.80. The molecule has 2 aromatic carbocycles. The number of nitro benzene ring substituents is 2. The summed E-state index contributed by atoms with van der Waals surface area (Å²) >= 11 is 0. The number of nitrogens with zero attached hydrogens (tertiary/aromatic N) is 2. The normalized spacial score (nSPS) is 10.2. The molecule has 0 aliphatic heterocycles. The maximum atomic E-state index is 12.3. The highest BCUT2D eigenvalue weighted by Gasteiger charge is 2.22. The number of phenols is 2. The summed E-state index contributed by atoms with van der Waals surface area (Å²) in [6.45, 7) is 0. The lowest BCUT2D eigenvalue weighted by Crippen LogP contribution is -2.04. The lowest BCUT2D eigenvalue weighted by atomic mass is 10.0. The predicted molar refractivity (Wildman–Crippen MR) is 73.0 cm³/mol. The van der Waals surface area contributed by atoms with Gasteiger partial charge in [0.15, 0.2) is 0 Å². The summed E-state index contributed by atoms with van der Waals surface area (Å²) in [5, 5.41) is 40.7. The fourth-order valence-electron chi connectivity index (χ4n) is 1.78. The first-order chi connectivity index (χ1) is 10.3. The number of rotatable bonds is 4. The molecule has 2 rings (SSSR count). The molecule has 112 valence electrons. The number of carbonyl (C=O) groups excluding carboxylic acids is 1. The van der Waals surface area contributed by atoms with Crippen molar-refractivity contribution < 1.29 is 24.9 Å². The summed E-state index contributed by atoms with van der Waals surface area (Å²) in [4.78, 5) is 32.2. The van der Waals surface area contributed by atoms with Crippen molar-refractivity contribution in [3.63, 3.8) is 0 Å². The summed E-state index contributed by atoms with van der Waals surface area (Å²) in [5.41, 5.74) is -1.76. The van der Waals surface area contributed by atoms with Crippen molar-refractivity contribution in [2.24, 2.45) is 0 Å². The van der Waals surface area contributed by atoms with E-state index in [-0.39, 0.29) is 0 Å². The molecule has 0 amide bonds. The average molecular weight is 304 g/mol. The molecule has 0 unspecified atom stereocenters. The first-order valence-corrected chi connectivity index (χ1v) is 5.80. The van der Waals surface area contributed by atoms with Gasteiger partial charge in [-0.2, -0.15) is 0 Å². The van der Waals surface area contributed by atoms with E-state index >= 15 is 0 Å². The highest BCUT2D eigenvalue weighted by molar-refractivity contribution is 6.12. The van der Waals surface area contributed by atoms with Gasteiger partial charge in [0.2, 0.25) is 5.78 Å². The van der Waals surface area contributed by atoms with Crippen molar-refractivity contribution in [3.05, 3.63) is 67.8 Å². The Morgan fingerprint density at radius 1 is 0.818 bits per heavy atom. The number of non-ortho nitro benzene ring substituents is 2. The van der Waals surface area contributed by atoms with Gasteiger partial charge in [-0.1, -0.05) is 0 Å². The van der Waals surface area contributed by atoms with Crippen LogP contribution >= 0.6 is 0 Å². The molecule has 0 radical (unpaired) electrons. The van der Waals surface area contributed by atoms with Crippen LogP contribution in [-0.4, -0.2) is 25.8 Å². The third kappa shape index (κ3) is 2.68. The van der Waals surface area contributed by atoms with Crippen LogP contribution in [0.3, 0.4) is 0 Å². The Balaban J connectivity index is 2.57. The summed E-state index contributed by atoms with van der Waals surface area (Å²) in [6, 6.07) is 5.57. The van der Waals surface area contributed by atoms with Crippen molar-refractivity contribution in [3.8, 4) is 11.5 Å². The van der Waals surface area contributed by atoms with E-state index in [1.165, 1.54) is 0 Å². The maximum absolute atomic E-state index is 12.3. The molecule has 0 atom stereocenters. The van der Waals surface area contributed by atoms with Crippen LogP contribution in [-0.2, 0) is 0 Å². The van der Waals surface area contributed by atoms with E-state index in [4.69, 9.17) is 0 Å². The molecule has 22 heavy (non-hydrogen) atoms. The van der Waals surface area contributed by atoms with Gasteiger partial charge in [-0.05, 0) is 12.1 Å². The van der Waals surface area contributed by atoms with E-state index in [1.54, 1.807) is 0 Å². The number of hydrogen-bond donors (Lipinski definition) is 2. The highest BCUT2D eigenvalue weighted by Crippen LogP contribution is 2.30. The van der Waals surface area contributed by atoms with Gasteiger partial charge in [0, 0.05) is 24.3 Å². The third-order valence-corrected chi connectivity index (χ3v) is 2.87. The van der Waals surface area contributed by atoms with Gasteiger partial charge in [0.1, 0.15) is 11.5 Å². The monoisotopic (exact) mass is 304 g/mol. The zero-order valence-corrected chi connectivity index (χ0v) is 10.8. The van der Waals surface area contributed by atoms with Crippen molar-refractivity contribution in [2.75, 3.05) is 0 Å². The Hall–Kier alpha value is -3.49. The van der Waals surface area contributed by atoms with Crippen LogP contribution < -0.4 is 0 Å². The van der Waals surface area contributed by atoms with Gasteiger partial charge >= 0.3 is 0 Å². The van der Waals surface area contributed by atoms with Crippen LogP contribution in [0.5, 0.6) is 11.5 Å². The number of benzene rings is 2. The minimum atomic E-state index is -0.970.